The van der Waals surface area contributed by atoms with Gasteiger partial charge in [0.2, 0.25) is 0 Å². The highest BCUT2D eigenvalue weighted by atomic mass is 79.9. The first-order valence-corrected chi connectivity index (χ1v) is 4.97. The topological polar surface area (TPSA) is 43.4 Å². The molecule has 1 aliphatic rings. The van der Waals surface area contributed by atoms with Gasteiger partial charge in [-0.15, -0.1) is 0 Å². The molecule has 0 aromatic rings. The summed E-state index contributed by atoms with van der Waals surface area (Å²) in [6.45, 7) is 0. The van der Waals surface area contributed by atoms with Crippen LogP contribution in [0.15, 0.2) is 0 Å². The van der Waals surface area contributed by atoms with Crippen molar-refractivity contribution < 1.29 is 14.3 Å². The number of esters is 1. The minimum absolute atomic E-state index is 0.0550. The Bertz CT molecular complexity index is 190. The predicted octanol–water partition coefficient (Wildman–Crippen LogP) is 1.29. The van der Waals surface area contributed by atoms with Crippen molar-refractivity contribution in [1.29, 1.82) is 0 Å². The average Bonchev–Trinajstić information content (AvgIpc) is 2.01. The van der Waals surface area contributed by atoms with Crippen molar-refractivity contribution in [3.8, 4) is 0 Å². The van der Waals surface area contributed by atoms with E-state index in [0.29, 0.717) is 12.8 Å². The van der Waals surface area contributed by atoms with Crippen LogP contribution in [0.5, 0.6) is 0 Å². The van der Waals surface area contributed by atoms with E-state index in [1.807, 2.05) is 0 Å². The number of halogens is 1. The van der Waals surface area contributed by atoms with Gasteiger partial charge in [0.15, 0.2) is 5.78 Å². The van der Waals surface area contributed by atoms with Crippen LogP contribution in [0.2, 0.25) is 0 Å². The maximum absolute atomic E-state index is 11.4. The van der Waals surface area contributed by atoms with Crippen molar-refractivity contribution in [3.05, 3.63) is 0 Å². The molecule has 12 heavy (non-hydrogen) atoms. The molecule has 0 aliphatic heterocycles. The molecule has 0 amide bonds. The lowest BCUT2D eigenvalue weighted by Gasteiger charge is -2.36. The van der Waals surface area contributed by atoms with Crippen LogP contribution in [0.1, 0.15) is 19.3 Å². The van der Waals surface area contributed by atoms with E-state index in [-0.39, 0.29) is 17.1 Å². The highest BCUT2D eigenvalue weighted by Crippen LogP contribution is 2.43. The van der Waals surface area contributed by atoms with Gasteiger partial charge in [-0.05, 0) is 12.8 Å². The van der Waals surface area contributed by atoms with E-state index >= 15 is 0 Å². The Kier molecular flexibility index (Phi) is 2.88. The van der Waals surface area contributed by atoms with E-state index in [1.165, 1.54) is 7.11 Å². The standard InChI is InChI=1S/C8H11BrO3/c1-12-7(11)8(3-2-4-8)6(10)5-9/h2-5H2,1H3. The summed E-state index contributed by atoms with van der Waals surface area (Å²) < 4.78 is 4.60. The third-order valence-electron chi connectivity index (χ3n) is 2.44. The largest absolute Gasteiger partial charge is 0.468 e. The van der Waals surface area contributed by atoms with Crippen molar-refractivity contribution >= 4 is 27.7 Å². The fraction of sp³-hybridized carbons (Fsp3) is 0.750. The Labute approximate surface area is 79.6 Å². The second-order valence-corrected chi connectivity index (χ2v) is 3.54. The molecular formula is C8H11BrO3. The van der Waals surface area contributed by atoms with Gasteiger partial charge < -0.3 is 4.74 Å². The van der Waals surface area contributed by atoms with E-state index in [9.17, 15) is 9.59 Å². The van der Waals surface area contributed by atoms with Crippen molar-refractivity contribution in [2.45, 2.75) is 19.3 Å². The quantitative estimate of drug-likeness (QED) is 0.420. The van der Waals surface area contributed by atoms with Gasteiger partial charge in [-0.25, -0.2) is 0 Å². The van der Waals surface area contributed by atoms with E-state index in [1.54, 1.807) is 0 Å². The molecule has 1 rings (SSSR count). The minimum atomic E-state index is -0.807. The summed E-state index contributed by atoms with van der Waals surface area (Å²) >= 11 is 3.07. The molecule has 3 nitrogen and oxygen atoms in total. The van der Waals surface area contributed by atoms with Crippen molar-refractivity contribution in [1.82, 2.24) is 0 Å². The molecule has 1 aliphatic carbocycles. The zero-order valence-electron chi connectivity index (χ0n) is 6.93. The van der Waals surface area contributed by atoms with Gasteiger partial charge in [0, 0.05) is 0 Å². The highest BCUT2D eigenvalue weighted by Gasteiger charge is 2.50. The molecule has 0 bridgehead atoms. The summed E-state index contributed by atoms with van der Waals surface area (Å²) in [5.41, 5.74) is -0.807. The van der Waals surface area contributed by atoms with Crippen LogP contribution in [0.4, 0.5) is 0 Å². The number of methoxy groups -OCH3 is 1. The fourth-order valence-electron chi connectivity index (χ4n) is 1.45. The van der Waals surface area contributed by atoms with Crippen molar-refractivity contribution in [2.75, 3.05) is 12.4 Å². The van der Waals surface area contributed by atoms with Crippen LogP contribution in [-0.2, 0) is 14.3 Å². The number of carbonyl (C=O) groups excluding carboxylic acids is 2. The van der Waals surface area contributed by atoms with E-state index < -0.39 is 5.41 Å². The summed E-state index contributed by atoms with van der Waals surface area (Å²) in [5.74, 6) is -0.432. The average molecular weight is 235 g/mol. The van der Waals surface area contributed by atoms with Crippen LogP contribution in [0.25, 0.3) is 0 Å². The Morgan fingerprint density at radius 2 is 2.08 bits per heavy atom. The summed E-state index contributed by atoms with van der Waals surface area (Å²) in [6.07, 6.45) is 2.22. The molecular weight excluding hydrogens is 224 g/mol. The van der Waals surface area contributed by atoms with E-state index in [4.69, 9.17) is 0 Å². The van der Waals surface area contributed by atoms with Crippen LogP contribution < -0.4 is 0 Å². The first kappa shape index (κ1) is 9.71. The SMILES string of the molecule is COC(=O)C1(C(=O)CBr)CCC1. The molecule has 68 valence electrons. The Hall–Kier alpha value is -0.380. The molecule has 0 spiro atoms. The Morgan fingerprint density at radius 1 is 1.50 bits per heavy atom. The van der Waals surface area contributed by atoms with Crippen LogP contribution in [-0.4, -0.2) is 24.2 Å². The minimum Gasteiger partial charge on any atom is -0.468 e. The van der Waals surface area contributed by atoms with E-state index in [0.717, 1.165) is 6.42 Å². The molecule has 0 heterocycles. The molecule has 0 unspecified atom stereocenters. The first-order chi connectivity index (χ1) is 5.67. The Morgan fingerprint density at radius 3 is 2.33 bits per heavy atom. The highest BCUT2D eigenvalue weighted by molar-refractivity contribution is 9.09. The number of hydrogen-bond acceptors (Lipinski definition) is 3. The van der Waals surface area contributed by atoms with Gasteiger partial charge in [-0.1, -0.05) is 22.4 Å². The van der Waals surface area contributed by atoms with Crippen LogP contribution in [0.3, 0.4) is 0 Å². The molecule has 0 saturated heterocycles. The molecule has 0 atom stereocenters. The number of ketones is 1. The van der Waals surface area contributed by atoms with Gasteiger partial charge in [0.05, 0.1) is 12.4 Å². The zero-order valence-corrected chi connectivity index (χ0v) is 8.52. The lowest BCUT2D eigenvalue weighted by Crippen LogP contribution is -2.46. The first-order valence-electron chi connectivity index (χ1n) is 3.85. The van der Waals surface area contributed by atoms with E-state index in [2.05, 4.69) is 20.7 Å². The smallest absolute Gasteiger partial charge is 0.319 e. The van der Waals surface area contributed by atoms with Gasteiger partial charge in [0.1, 0.15) is 5.41 Å². The second kappa shape index (κ2) is 3.56. The zero-order chi connectivity index (χ0) is 9.19. The summed E-state index contributed by atoms with van der Waals surface area (Å²) in [5, 5.41) is 0.238. The lowest BCUT2D eigenvalue weighted by molar-refractivity contribution is -0.163. The maximum Gasteiger partial charge on any atom is 0.319 e. The van der Waals surface area contributed by atoms with Gasteiger partial charge in [-0.2, -0.15) is 0 Å². The number of hydrogen-bond donors (Lipinski definition) is 0. The summed E-state index contributed by atoms with van der Waals surface area (Å²) in [4.78, 5) is 22.6. The molecule has 0 radical (unpaired) electrons. The lowest BCUT2D eigenvalue weighted by atomic mass is 9.66. The monoisotopic (exact) mass is 234 g/mol. The van der Waals surface area contributed by atoms with Crippen LogP contribution >= 0.6 is 15.9 Å². The third kappa shape index (κ3) is 1.28. The van der Waals surface area contributed by atoms with Gasteiger partial charge in [0.25, 0.3) is 0 Å². The number of ether oxygens (including phenoxy) is 1. The van der Waals surface area contributed by atoms with Crippen molar-refractivity contribution in [3.63, 3.8) is 0 Å². The summed E-state index contributed by atoms with van der Waals surface area (Å²) in [6, 6.07) is 0. The number of carbonyl (C=O) groups is 2. The van der Waals surface area contributed by atoms with Gasteiger partial charge in [-0.3, -0.25) is 9.59 Å². The fourth-order valence-corrected chi connectivity index (χ4v) is 1.99. The maximum atomic E-state index is 11.4. The molecule has 0 aromatic heterocycles. The molecule has 1 fully saturated rings. The number of rotatable bonds is 3. The molecule has 0 N–H and O–H groups in total. The number of alkyl halides is 1. The third-order valence-corrected chi connectivity index (χ3v) is 2.95. The molecule has 0 aromatic carbocycles. The molecule has 1 saturated carbocycles. The van der Waals surface area contributed by atoms with Gasteiger partial charge >= 0.3 is 5.97 Å². The Balaban J connectivity index is 2.75. The predicted molar refractivity (Wildman–Crippen MR) is 47.1 cm³/mol. The molecule has 4 heteroatoms. The normalized spacial score (nSPS) is 19.5. The second-order valence-electron chi connectivity index (χ2n) is 2.98. The summed E-state index contributed by atoms with van der Waals surface area (Å²) in [7, 11) is 1.32. The number of Topliss-reactive ketones (excluding diaryl/α,β-unsaturated/α-hetero) is 1. The van der Waals surface area contributed by atoms with Crippen molar-refractivity contribution in [2.24, 2.45) is 5.41 Å². The van der Waals surface area contributed by atoms with Crippen LogP contribution in [0, 0.1) is 5.41 Å².